The van der Waals surface area contributed by atoms with E-state index in [2.05, 4.69) is 20.3 Å². The number of aliphatic hydroxyl groups excluding tert-OH is 1. The van der Waals surface area contributed by atoms with E-state index in [1.807, 2.05) is 4.90 Å². The maximum atomic E-state index is 13.0. The number of halogens is 1. The Hall–Kier alpha value is -3.59. The van der Waals surface area contributed by atoms with Gasteiger partial charge in [0.15, 0.2) is 0 Å². The number of nitrogen functional groups attached to an aromatic ring is 1. The lowest BCUT2D eigenvalue weighted by Gasteiger charge is -2.36. The van der Waals surface area contributed by atoms with Crippen LogP contribution < -0.4 is 16.0 Å². The van der Waals surface area contributed by atoms with Gasteiger partial charge in [-0.25, -0.2) is 15.0 Å². The molecule has 0 bridgehead atoms. The van der Waals surface area contributed by atoms with Gasteiger partial charge in [-0.1, -0.05) is 6.07 Å². The first kappa shape index (κ1) is 17.8. The minimum absolute atomic E-state index is 0.137. The summed E-state index contributed by atoms with van der Waals surface area (Å²) in [5.74, 6) is -0.418. The summed E-state index contributed by atoms with van der Waals surface area (Å²) in [7, 11) is 0. The van der Waals surface area contributed by atoms with Crippen molar-refractivity contribution in [2.24, 2.45) is 0 Å². The summed E-state index contributed by atoms with van der Waals surface area (Å²) in [6.45, 7) is 1.00. The van der Waals surface area contributed by atoms with Gasteiger partial charge in [0.05, 0.1) is 29.9 Å². The molecule has 1 aliphatic heterocycles. The predicted octanol–water partition coefficient (Wildman–Crippen LogP) is 1.69. The third-order valence-electron chi connectivity index (χ3n) is 4.42. The van der Waals surface area contributed by atoms with Gasteiger partial charge < -0.3 is 21.1 Å². The average molecular weight is 380 g/mol. The van der Waals surface area contributed by atoms with Crippen LogP contribution in [0.3, 0.4) is 0 Å². The van der Waals surface area contributed by atoms with Crippen molar-refractivity contribution in [3.8, 4) is 11.1 Å². The molecule has 0 unspecified atom stereocenters. The molecule has 28 heavy (non-hydrogen) atoms. The molecule has 1 saturated heterocycles. The van der Waals surface area contributed by atoms with Crippen LogP contribution >= 0.6 is 0 Å². The molecule has 1 aliphatic rings. The van der Waals surface area contributed by atoms with Crippen LogP contribution in [-0.4, -0.2) is 45.2 Å². The first-order valence-corrected chi connectivity index (χ1v) is 8.57. The lowest BCUT2D eigenvalue weighted by molar-refractivity contribution is 0.102. The van der Waals surface area contributed by atoms with E-state index in [9.17, 15) is 14.3 Å². The molecule has 1 aromatic carbocycles. The zero-order chi connectivity index (χ0) is 19.7. The number of nitrogens with zero attached hydrogens (tertiary/aromatic N) is 4. The highest BCUT2D eigenvalue weighted by Gasteiger charge is 2.25. The van der Waals surface area contributed by atoms with Gasteiger partial charge in [0, 0.05) is 24.8 Å². The summed E-state index contributed by atoms with van der Waals surface area (Å²) < 4.78 is 13.0. The molecule has 4 rings (SSSR count). The molecule has 8 nitrogen and oxygen atoms in total. The normalized spacial score (nSPS) is 13.9. The zero-order valence-electron chi connectivity index (χ0n) is 14.7. The number of carbonyl (C=O) groups excluding carboxylic acids is 1. The molecule has 9 heteroatoms. The predicted molar refractivity (Wildman–Crippen MR) is 102 cm³/mol. The van der Waals surface area contributed by atoms with Crippen molar-refractivity contribution in [2.75, 3.05) is 29.0 Å². The molecule has 2 aromatic heterocycles. The second-order valence-electron chi connectivity index (χ2n) is 6.44. The van der Waals surface area contributed by atoms with Crippen LogP contribution in [0.15, 0.2) is 48.9 Å². The van der Waals surface area contributed by atoms with E-state index in [4.69, 9.17) is 5.73 Å². The number of hydrogen-bond acceptors (Lipinski definition) is 7. The van der Waals surface area contributed by atoms with E-state index in [0.717, 1.165) is 5.56 Å². The molecule has 3 aromatic rings. The summed E-state index contributed by atoms with van der Waals surface area (Å²) in [6, 6.07) is 7.95. The quantitative estimate of drug-likeness (QED) is 0.466. The Morgan fingerprint density at radius 3 is 2.54 bits per heavy atom. The summed E-state index contributed by atoms with van der Waals surface area (Å²) in [4.78, 5) is 26.3. The zero-order valence-corrected chi connectivity index (χ0v) is 14.7. The first-order valence-electron chi connectivity index (χ1n) is 8.57. The number of aliphatic hydroxyl groups is 1. The molecule has 0 aliphatic carbocycles. The molecule has 1 amide bonds. The van der Waals surface area contributed by atoms with Crippen LogP contribution in [0.4, 0.5) is 21.6 Å². The molecule has 0 spiro atoms. The van der Waals surface area contributed by atoms with E-state index >= 15 is 0 Å². The van der Waals surface area contributed by atoms with Crippen LogP contribution in [0.2, 0.25) is 0 Å². The van der Waals surface area contributed by atoms with Gasteiger partial charge in [-0.3, -0.25) is 4.79 Å². The van der Waals surface area contributed by atoms with Crippen molar-refractivity contribution in [1.82, 2.24) is 15.0 Å². The molecule has 0 saturated carbocycles. The Morgan fingerprint density at radius 2 is 1.89 bits per heavy atom. The molecular formula is C19H17FN6O2. The maximum absolute atomic E-state index is 13.0. The van der Waals surface area contributed by atoms with E-state index in [0.29, 0.717) is 35.8 Å². The van der Waals surface area contributed by atoms with E-state index < -0.39 is 11.9 Å². The fraction of sp³-hybridized carbons (Fsp3) is 0.158. The Balaban J connectivity index is 1.51. The van der Waals surface area contributed by atoms with Crippen molar-refractivity contribution in [2.45, 2.75) is 6.10 Å². The number of amides is 1. The maximum Gasteiger partial charge on any atom is 0.275 e. The number of rotatable bonds is 4. The van der Waals surface area contributed by atoms with Gasteiger partial charge in [0.2, 0.25) is 5.95 Å². The van der Waals surface area contributed by atoms with E-state index in [1.165, 1.54) is 24.7 Å². The largest absolute Gasteiger partial charge is 0.397 e. The average Bonchev–Trinajstić information content (AvgIpc) is 2.68. The Morgan fingerprint density at radius 1 is 1.11 bits per heavy atom. The third kappa shape index (κ3) is 3.60. The van der Waals surface area contributed by atoms with Gasteiger partial charge >= 0.3 is 0 Å². The Kier molecular flexibility index (Phi) is 4.58. The number of nitrogens with one attached hydrogen (secondary N) is 1. The summed E-state index contributed by atoms with van der Waals surface area (Å²) >= 11 is 0. The number of benzene rings is 1. The van der Waals surface area contributed by atoms with E-state index in [1.54, 1.807) is 24.3 Å². The fourth-order valence-corrected chi connectivity index (χ4v) is 2.82. The molecule has 4 N–H and O–H groups in total. The van der Waals surface area contributed by atoms with Crippen LogP contribution in [0.1, 0.15) is 10.5 Å². The van der Waals surface area contributed by atoms with Gasteiger partial charge in [-0.15, -0.1) is 0 Å². The summed E-state index contributed by atoms with van der Waals surface area (Å²) in [5, 5.41) is 12.1. The monoisotopic (exact) mass is 380 g/mol. The number of nitrogens with two attached hydrogens (primary N) is 1. The standard InChI is InChI=1S/C19H17FN6O2/c20-17-4-2-12(6-23-17)11-1-3-14(21)15(5-11)25-19(28)16-7-24-18(8-22-16)26-9-13(27)10-26/h1-8,13,27H,9-10,21H2,(H,25,28). The fourth-order valence-electron chi connectivity index (χ4n) is 2.82. The Bertz CT molecular complexity index is 1000. The van der Waals surface area contributed by atoms with Gasteiger partial charge in [-0.05, 0) is 29.8 Å². The van der Waals surface area contributed by atoms with Gasteiger partial charge in [0.25, 0.3) is 5.91 Å². The number of β-amino-alcohol motifs (C(OH)–C–C–N with tert-alkyl or cyclic N) is 1. The van der Waals surface area contributed by atoms with Gasteiger partial charge in [0.1, 0.15) is 11.5 Å². The minimum Gasteiger partial charge on any atom is -0.397 e. The van der Waals surface area contributed by atoms with Crippen molar-refractivity contribution < 1.29 is 14.3 Å². The minimum atomic E-state index is -0.567. The van der Waals surface area contributed by atoms with Gasteiger partial charge in [-0.2, -0.15) is 4.39 Å². The van der Waals surface area contributed by atoms with Crippen LogP contribution in [0.25, 0.3) is 11.1 Å². The SMILES string of the molecule is Nc1ccc(-c2ccc(F)nc2)cc1NC(=O)c1cnc(N2CC(O)C2)cn1. The van der Waals surface area contributed by atoms with Crippen LogP contribution in [0.5, 0.6) is 0 Å². The summed E-state index contributed by atoms with van der Waals surface area (Å²) in [6.07, 6.45) is 3.92. The van der Waals surface area contributed by atoms with Crippen molar-refractivity contribution in [1.29, 1.82) is 0 Å². The molecule has 1 fully saturated rings. The molecular weight excluding hydrogens is 363 g/mol. The second-order valence-corrected chi connectivity index (χ2v) is 6.44. The highest BCUT2D eigenvalue weighted by molar-refractivity contribution is 6.04. The highest BCUT2D eigenvalue weighted by Crippen LogP contribution is 2.27. The topological polar surface area (TPSA) is 117 Å². The third-order valence-corrected chi connectivity index (χ3v) is 4.42. The van der Waals surface area contributed by atoms with Crippen molar-refractivity contribution in [3.63, 3.8) is 0 Å². The molecule has 0 radical (unpaired) electrons. The summed E-state index contributed by atoms with van der Waals surface area (Å²) in [5.41, 5.74) is 8.31. The number of pyridine rings is 1. The lowest BCUT2D eigenvalue weighted by atomic mass is 10.1. The molecule has 0 atom stereocenters. The van der Waals surface area contributed by atoms with Crippen LogP contribution in [0, 0.1) is 5.95 Å². The van der Waals surface area contributed by atoms with Crippen molar-refractivity contribution >= 4 is 23.1 Å². The van der Waals surface area contributed by atoms with Crippen LogP contribution in [-0.2, 0) is 0 Å². The number of aromatic nitrogens is 3. The Labute approximate surface area is 159 Å². The van der Waals surface area contributed by atoms with Crippen molar-refractivity contribution in [3.05, 3.63) is 60.6 Å². The number of carbonyl (C=O) groups is 1. The lowest BCUT2D eigenvalue weighted by Crippen LogP contribution is -2.51. The molecule has 3 heterocycles. The molecule has 142 valence electrons. The smallest absolute Gasteiger partial charge is 0.275 e. The number of hydrogen-bond donors (Lipinski definition) is 3. The first-order chi connectivity index (χ1) is 13.5. The number of anilines is 3. The van der Waals surface area contributed by atoms with E-state index in [-0.39, 0.29) is 11.8 Å². The highest BCUT2D eigenvalue weighted by atomic mass is 19.1. The second kappa shape index (κ2) is 7.20.